The quantitative estimate of drug-likeness (QED) is 0.815. The molecule has 0 saturated heterocycles. The Balaban J connectivity index is 2.81. The number of Topliss-reactive ketones (excluding diaryl/α,β-unsaturated/α-hetero) is 1. The van der Waals surface area contributed by atoms with Gasteiger partial charge in [0, 0.05) is 10.0 Å². The average Bonchev–Trinajstić information content (AvgIpc) is 2.35. The van der Waals surface area contributed by atoms with Gasteiger partial charge in [0.25, 0.3) is 0 Å². The SMILES string of the molecule is CCN(CC(N)=O)C(C)C(=O)c1ccc(Br)cc1. The Bertz CT molecular complexity index is 431. The predicted molar refractivity (Wildman–Crippen MR) is 74.4 cm³/mol. The minimum Gasteiger partial charge on any atom is -0.369 e. The van der Waals surface area contributed by atoms with E-state index in [2.05, 4.69) is 15.9 Å². The van der Waals surface area contributed by atoms with Crippen molar-refractivity contribution in [3.63, 3.8) is 0 Å². The number of ketones is 1. The molecule has 1 rings (SSSR count). The summed E-state index contributed by atoms with van der Waals surface area (Å²) in [5.74, 6) is -0.432. The number of carbonyl (C=O) groups is 2. The van der Waals surface area contributed by atoms with Crippen LogP contribution in [0, 0.1) is 0 Å². The summed E-state index contributed by atoms with van der Waals surface area (Å²) in [5.41, 5.74) is 5.80. The van der Waals surface area contributed by atoms with Crippen LogP contribution in [0.5, 0.6) is 0 Å². The molecule has 2 N–H and O–H groups in total. The van der Waals surface area contributed by atoms with Gasteiger partial charge < -0.3 is 5.73 Å². The van der Waals surface area contributed by atoms with E-state index in [4.69, 9.17) is 5.73 Å². The number of carbonyl (C=O) groups excluding carboxylic acids is 2. The normalized spacial score (nSPS) is 12.4. The fourth-order valence-electron chi connectivity index (χ4n) is 1.74. The number of amides is 1. The maximum Gasteiger partial charge on any atom is 0.231 e. The fraction of sp³-hybridized carbons (Fsp3) is 0.385. The second-order valence-corrected chi connectivity index (χ2v) is 4.99. The molecule has 1 aromatic rings. The number of benzene rings is 1. The number of hydrogen-bond donors (Lipinski definition) is 1. The van der Waals surface area contributed by atoms with Crippen molar-refractivity contribution >= 4 is 27.6 Å². The molecule has 0 fully saturated rings. The van der Waals surface area contributed by atoms with E-state index in [1.807, 2.05) is 19.1 Å². The van der Waals surface area contributed by atoms with Crippen molar-refractivity contribution in [1.29, 1.82) is 0 Å². The van der Waals surface area contributed by atoms with E-state index in [-0.39, 0.29) is 18.4 Å². The molecule has 4 nitrogen and oxygen atoms in total. The van der Waals surface area contributed by atoms with E-state index in [1.54, 1.807) is 24.0 Å². The molecule has 0 spiro atoms. The molecule has 1 amide bonds. The molecule has 1 atom stereocenters. The highest BCUT2D eigenvalue weighted by Gasteiger charge is 2.22. The summed E-state index contributed by atoms with van der Waals surface area (Å²) in [7, 11) is 0. The number of halogens is 1. The molecule has 0 aliphatic rings. The summed E-state index contributed by atoms with van der Waals surface area (Å²) in [6, 6.07) is 6.82. The first-order valence-corrected chi connectivity index (χ1v) is 6.57. The minimum absolute atomic E-state index is 0.00870. The van der Waals surface area contributed by atoms with Crippen LogP contribution < -0.4 is 5.73 Å². The van der Waals surface area contributed by atoms with Gasteiger partial charge in [-0.2, -0.15) is 0 Å². The van der Waals surface area contributed by atoms with Crippen LogP contribution in [0.25, 0.3) is 0 Å². The zero-order valence-corrected chi connectivity index (χ0v) is 12.1. The van der Waals surface area contributed by atoms with Gasteiger partial charge in [-0.25, -0.2) is 0 Å². The second kappa shape index (κ2) is 6.66. The molecule has 0 aromatic heterocycles. The van der Waals surface area contributed by atoms with Crippen molar-refractivity contribution in [2.24, 2.45) is 5.73 Å². The van der Waals surface area contributed by atoms with Crippen molar-refractivity contribution in [3.8, 4) is 0 Å². The third-order valence-corrected chi connectivity index (χ3v) is 3.35. The van der Waals surface area contributed by atoms with Crippen LogP contribution in [0.15, 0.2) is 28.7 Å². The monoisotopic (exact) mass is 312 g/mol. The molecule has 0 saturated carbocycles. The number of nitrogens with two attached hydrogens (primary N) is 1. The molecule has 18 heavy (non-hydrogen) atoms. The average molecular weight is 313 g/mol. The van der Waals surface area contributed by atoms with Crippen LogP contribution in [0.1, 0.15) is 24.2 Å². The molecule has 0 radical (unpaired) electrons. The van der Waals surface area contributed by atoms with Gasteiger partial charge in [0.05, 0.1) is 12.6 Å². The van der Waals surface area contributed by atoms with Crippen molar-refractivity contribution < 1.29 is 9.59 Å². The Hall–Kier alpha value is -1.20. The largest absolute Gasteiger partial charge is 0.369 e. The van der Waals surface area contributed by atoms with Gasteiger partial charge in [0.2, 0.25) is 5.91 Å². The van der Waals surface area contributed by atoms with Crippen LogP contribution in [0.2, 0.25) is 0 Å². The predicted octanol–water partition coefficient (Wildman–Crippen LogP) is 1.83. The maximum absolute atomic E-state index is 12.2. The highest BCUT2D eigenvalue weighted by atomic mass is 79.9. The van der Waals surface area contributed by atoms with Gasteiger partial charge in [-0.15, -0.1) is 0 Å². The van der Waals surface area contributed by atoms with E-state index >= 15 is 0 Å². The lowest BCUT2D eigenvalue weighted by molar-refractivity contribution is -0.119. The molecule has 5 heteroatoms. The van der Waals surface area contributed by atoms with Crippen molar-refractivity contribution in [1.82, 2.24) is 4.90 Å². The van der Waals surface area contributed by atoms with E-state index in [0.29, 0.717) is 12.1 Å². The fourth-order valence-corrected chi connectivity index (χ4v) is 2.01. The summed E-state index contributed by atoms with van der Waals surface area (Å²) in [6.45, 7) is 4.39. The molecular formula is C13H17BrN2O2. The van der Waals surface area contributed by atoms with E-state index in [0.717, 1.165) is 4.47 Å². The summed E-state index contributed by atoms with van der Waals surface area (Å²) < 4.78 is 0.927. The molecule has 0 heterocycles. The zero-order valence-electron chi connectivity index (χ0n) is 10.5. The summed E-state index contributed by atoms with van der Waals surface area (Å²) in [5, 5.41) is 0. The standard InChI is InChI=1S/C13H17BrN2O2/c1-3-16(8-12(15)17)9(2)13(18)10-4-6-11(14)7-5-10/h4-7,9H,3,8H2,1-2H3,(H2,15,17). The van der Waals surface area contributed by atoms with Gasteiger partial charge in [-0.3, -0.25) is 14.5 Å². The second-order valence-electron chi connectivity index (χ2n) is 4.08. The Morgan fingerprint density at radius 2 is 1.89 bits per heavy atom. The van der Waals surface area contributed by atoms with Gasteiger partial charge in [-0.1, -0.05) is 35.0 Å². The van der Waals surface area contributed by atoms with E-state index < -0.39 is 5.91 Å². The third-order valence-electron chi connectivity index (χ3n) is 2.82. The summed E-state index contributed by atoms with van der Waals surface area (Å²) >= 11 is 3.32. The Morgan fingerprint density at radius 1 is 1.33 bits per heavy atom. The summed E-state index contributed by atoms with van der Waals surface area (Å²) in [4.78, 5) is 24.9. The minimum atomic E-state index is -0.424. The number of hydrogen-bond acceptors (Lipinski definition) is 3. The van der Waals surface area contributed by atoms with Crippen LogP contribution in [0.3, 0.4) is 0 Å². The van der Waals surface area contributed by atoms with Gasteiger partial charge >= 0.3 is 0 Å². The first-order valence-electron chi connectivity index (χ1n) is 5.77. The van der Waals surface area contributed by atoms with Crippen LogP contribution in [0.4, 0.5) is 0 Å². The Labute approximate surface area is 115 Å². The van der Waals surface area contributed by atoms with Crippen molar-refractivity contribution in [2.75, 3.05) is 13.1 Å². The van der Waals surface area contributed by atoms with Crippen LogP contribution in [-0.4, -0.2) is 35.7 Å². The van der Waals surface area contributed by atoms with Gasteiger partial charge in [0.15, 0.2) is 5.78 Å². The molecular weight excluding hydrogens is 296 g/mol. The Kier molecular flexibility index (Phi) is 5.50. The molecule has 0 aliphatic heterocycles. The highest BCUT2D eigenvalue weighted by molar-refractivity contribution is 9.10. The first-order chi connectivity index (χ1) is 8.45. The molecule has 1 aromatic carbocycles. The summed E-state index contributed by atoms with van der Waals surface area (Å²) in [6.07, 6.45) is 0. The van der Waals surface area contributed by atoms with Crippen LogP contribution in [-0.2, 0) is 4.79 Å². The topological polar surface area (TPSA) is 63.4 Å². The number of likely N-dealkylation sites (N-methyl/N-ethyl adjacent to an activating group) is 1. The smallest absolute Gasteiger partial charge is 0.231 e. The maximum atomic E-state index is 12.2. The van der Waals surface area contributed by atoms with Gasteiger partial charge in [0.1, 0.15) is 0 Å². The van der Waals surface area contributed by atoms with Crippen molar-refractivity contribution in [3.05, 3.63) is 34.3 Å². The Morgan fingerprint density at radius 3 is 2.33 bits per heavy atom. The highest BCUT2D eigenvalue weighted by Crippen LogP contribution is 2.14. The lowest BCUT2D eigenvalue weighted by Gasteiger charge is -2.25. The lowest BCUT2D eigenvalue weighted by atomic mass is 10.0. The van der Waals surface area contributed by atoms with Gasteiger partial charge in [-0.05, 0) is 25.6 Å². The molecule has 0 bridgehead atoms. The molecule has 0 aliphatic carbocycles. The number of rotatable bonds is 6. The van der Waals surface area contributed by atoms with Crippen molar-refractivity contribution in [2.45, 2.75) is 19.9 Å². The number of nitrogens with zero attached hydrogens (tertiary/aromatic N) is 1. The molecule has 1 unspecified atom stereocenters. The van der Waals surface area contributed by atoms with Crippen LogP contribution >= 0.6 is 15.9 Å². The zero-order chi connectivity index (χ0) is 13.7. The molecule has 98 valence electrons. The van der Waals surface area contributed by atoms with E-state index in [9.17, 15) is 9.59 Å². The first kappa shape index (κ1) is 14.9. The van der Waals surface area contributed by atoms with E-state index in [1.165, 1.54) is 0 Å². The lowest BCUT2D eigenvalue weighted by Crippen LogP contribution is -2.43. The number of primary amides is 1. The third kappa shape index (κ3) is 3.92.